The number of halogens is 1. The first kappa shape index (κ1) is 15.6. The van der Waals surface area contributed by atoms with Crippen LogP contribution in [0.1, 0.15) is 12.5 Å². The van der Waals surface area contributed by atoms with Crippen LogP contribution in [0.4, 0.5) is 4.79 Å². The van der Waals surface area contributed by atoms with Crippen LogP contribution in [0, 0.1) is 0 Å². The number of benzene rings is 1. The summed E-state index contributed by atoms with van der Waals surface area (Å²) in [6.07, 6.45) is 0.441. The van der Waals surface area contributed by atoms with Crippen LogP contribution in [-0.2, 0) is 11.2 Å². The summed E-state index contributed by atoms with van der Waals surface area (Å²) < 4.78 is 4.40. The Labute approximate surface area is 113 Å². The number of rotatable bonds is 4. The summed E-state index contributed by atoms with van der Waals surface area (Å²) in [6, 6.07) is 10.5. The summed E-state index contributed by atoms with van der Waals surface area (Å²) in [5.74, 6) is 0.795. The summed E-state index contributed by atoms with van der Waals surface area (Å²) in [5, 5.41) is 0. The van der Waals surface area contributed by atoms with E-state index in [0.717, 1.165) is 12.2 Å². The third-order valence-corrected chi connectivity index (χ3v) is 3.30. The van der Waals surface area contributed by atoms with E-state index in [1.54, 1.807) is 8.93 Å². The highest BCUT2D eigenvalue weighted by molar-refractivity contribution is 14.2. The van der Waals surface area contributed by atoms with Crippen molar-refractivity contribution in [1.82, 2.24) is 0 Å². The highest BCUT2D eigenvalue weighted by Crippen LogP contribution is 2.08. The molecule has 0 saturated heterocycles. The van der Waals surface area contributed by atoms with E-state index in [4.69, 9.17) is 0 Å². The average molecular weight is 353 g/mol. The molecular weight excluding hydrogens is 337 g/mol. The monoisotopic (exact) mass is 353 g/mol. The topological polar surface area (TPSA) is 52.3 Å². The standard InChI is InChI=1S/C8H10.C3H6INO2S/c1-2-8-6-4-3-5-7-8;4-8-2-1-7-3(5)6/h3-7H,2H2,1H3;1-2H2,(H2,5,6). The van der Waals surface area contributed by atoms with Crippen LogP contribution < -0.4 is 5.73 Å². The van der Waals surface area contributed by atoms with Gasteiger partial charge in [-0.05, 0) is 33.2 Å². The van der Waals surface area contributed by atoms with Gasteiger partial charge in [-0.25, -0.2) is 4.79 Å². The van der Waals surface area contributed by atoms with Crippen molar-refractivity contribution in [2.24, 2.45) is 5.73 Å². The van der Waals surface area contributed by atoms with Gasteiger partial charge in [0, 0.05) is 5.75 Å². The van der Waals surface area contributed by atoms with Crippen LogP contribution in [-0.4, -0.2) is 18.5 Å². The fraction of sp³-hybridized carbons (Fsp3) is 0.364. The SMILES string of the molecule is CCc1ccccc1.NC(=O)OCCSI. The van der Waals surface area contributed by atoms with Crippen LogP contribution in [0.15, 0.2) is 30.3 Å². The van der Waals surface area contributed by atoms with E-state index in [9.17, 15) is 4.79 Å². The van der Waals surface area contributed by atoms with Crippen molar-refractivity contribution in [2.45, 2.75) is 13.3 Å². The molecular formula is C11H16INO2S. The van der Waals surface area contributed by atoms with Crippen molar-refractivity contribution in [3.05, 3.63) is 35.9 Å². The first-order valence-electron chi connectivity index (χ1n) is 4.90. The van der Waals surface area contributed by atoms with Crippen LogP contribution in [0.25, 0.3) is 0 Å². The molecule has 0 unspecified atom stereocenters. The number of ether oxygens (including phenoxy) is 1. The van der Waals surface area contributed by atoms with E-state index in [1.165, 1.54) is 5.56 Å². The number of carbonyl (C=O) groups is 1. The fourth-order valence-electron chi connectivity index (χ4n) is 0.887. The molecule has 1 rings (SSSR count). The third kappa shape index (κ3) is 10.1. The molecule has 0 aliphatic carbocycles. The van der Waals surface area contributed by atoms with Crippen LogP contribution >= 0.6 is 30.1 Å². The molecule has 0 radical (unpaired) electrons. The van der Waals surface area contributed by atoms with Gasteiger partial charge in [0.25, 0.3) is 0 Å². The Morgan fingerprint density at radius 1 is 1.44 bits per heavy atom. The first-order chi connectivity index (χ1) is 7.70. The maximum atomic E-state index is 9.86. The van der Waals surface area contributed by atoms with Gasteiger partial charge in [-0.3, -0.25) is 0 Å². The zero-order chi connectivity index (χ0) is 12.2. The first-order valence-corrected chi connectivity index (χ1v) is 8.43. The highest BCUT2D eigenvalue weighted by atomic mass is 127. The number of nitrogens with two attached hydrogens (primary N) is 1. The van der Waals surface area contributed by atoms with Gasteiger partial charge in [0.05, 0.1) is 0 Å². The second kappa shape index (κ2) is 11.1. The minimum atomic E-state index is -0.699. The Balaban J connectivity index is 0.000000281. The lowest BCUT2D eigenvalue weighted by Crippen LogP contribution is -2.14. The zero-order valence-corrected chi connectivity index (χ0v) is 12.2. The number of primary amides is 1. The van der Waals surface area contributed by atoms with Crippen molar-refractivity contribution >= 4 is 36.2 Å². The molecule has 5 heteroatoms. The molecule has 1 aromatic rings. The Morgan fingerprint density at radius 3 is 2.44 bits per heavy atom. The van der Waals surface area contributed by atoms with Crippen molar-refractivity contribution in [3.8, 4) is 0 Å². The predicted octanol–water partition coefficient (Wildman–Crippen LogP) is 3.41. The minimum absolute atomic E-state index is 0.406. The largest absolute Gasteiger partial charge is 0.449 e. The molecule has 1 amide bonds. The number of hydrogen-bond acceptors (Lipinski definition) is 3. The molecule has 1 aromatic carbocycles. The quantitative estimate of drug-likeness (QED) is 0.667. The molecule has 90 valence electrons. The van der Waals surface area contributed by atoms with Gasteiger partial charge in [-0.2, -0.15) is 0 Å². The molecule has 16 heavy (non-hydrogen) atoms. The molecule has 0 atom stereocenters. The van der Waals surface area contributed by atoms with E-state index >= 15 is 0 Å². The number of amides is 1. The van der Waals surface area contributed by atoms with Gasteiger partial charge < -0.3 is 10.5 Å². The molecule has 0 aliphatic heterocycles. The molecule has 0 bridgehead atoms. The van der Waals surface area contributed by atoms with Gasteiger partial charge in [0.15, 0.2) is 0 Å². The fourth-order valence-corrected chi connectivity index (χ4v) is 1.57. The van der Waals surface area contributed by atoms with E-state index in [0.29, 0.717) is 6.61 Å². The molecule has 0 aromatic heterocycles. The minimum Gasteiger partial charge on any atom is -0.449 e. The predicted molar refractivity (Wildman–Crippen MR) is 77.8 cm³/mol. The molecule has 0 fully saturated rings. The summed E-state index contributed by atoms with van der Waals surface area (Å²) in [5.41, 5.74) is 6.07. The summed E-state index contributed by atoms with van der Waals surface area (Å²) >= 11 is 2.12. The second-order valence-electron chi connectivity index (χ2n) is 2.82. The van der Waals surface area contributed by atoms with E-state index in [-0.39, 0.29) is 0 Å². The molecule has 3 nitrogen and oxygen atoms in total. The van der Waals surface area contributed by atoms with Crippen molar-refractivity contribution in [2.75, 3.05) is 12.4 Å². The molecule has 2 N–H and O–H groups in total. The van der Waals surface area contributed by atoms with Gasteiger partial charge >= 0.3 is 6.09 Å². The van der Waals surface area contributed by atoms with Gasteiger partial charge in [0.2, 0.25) is 0 Å². The number of hydrogen-bond donors (Lipinski definition) is 1. The van der Waals surface area contributed by atoms with E-state index in [1.807, 2.05) is 6.07 Å². The zero-order valence-electron chi connectivity index (χ0n) is 9.19. The van der Waals surface area contributed by atoms with Crippen molar-refractivity contribution < 1.29 is 9.53 Å². The normalized spacial score (nSPS) is 8.88. The smallest absolute Gasteiger partial charge is 0.404 e. The lowest BCUT2D eigenvalue weighted by atomic mass is 10.2. The highest BCUT2D eigenvalue weighted by Gasteiger charge is 1.89. The van der Waals surface area contributed by atoms with Gasteiger partial charge in [-0.15, -0.1) is 0 Å². The van der Waals surface area contributed by atoms with Crippen LogP contribution in [0.5, 0.6) is 0 Å². The number of aryl methyl sites for hydroxylation is 1. The molecule has 0 aliphatic rings. The van der Waals surface area contributed by atoms with Crippen LogP contribution in [0.3, 0.4) is 0 Å². The average Bonchev–Trinajstić information content (AvgIpc) is 2.31. The van der Waals surface area contributed by atoms with E-state index < -0.39 is 6.09 Å². The van der Waals surface area contributed by atoms with Crippen molar-refractivity contribution in [3.63, 3.8) is 0 Å². The van der Waals surface area contributed by atoms with Crippen molar-refractivity contribution in [1.29, 1.82) is 0 Å². The molecule has 0 saturated carbocycles. The Kier molecular flexibility index (Phi) is 10.8. The molecule has 0 heterocycles. The Morgan fingerprint density at radius 2 is 2.06 bits per heavy atom. The third-order valence-electron chi connectivity index (χ3n) is 1.66. The lowest BCUT2D eigenvalue weighted by Gasteiger charge is -1.95. The maximum absolute atomic E-state index is 9.86. The Bertz CT molecular complexity index is 283. The Hall–Kier alpha value is -0.430. The van der Waals surface area contributed by atoms with Crippen LogP contribution in [0.2, 0.25) is 0 Å². The lowest BCUT2D eigenvalue weighted by molar-refractivity contribution is 0.164. The summed E-state index contributed by atoms with van der Waals surface area (Å²) in [4.78, 5) is 9.86. The summed E-state index contributed by atoms with van der Waals surface area (Å²) in [6.45, 7) is 2.57. The molecule has 0 spiro atoms. The second-order valence-corrected chi connectivity index (χ2v) is 5.31. The maximum Gasteiger partial charge on any atom is 0.404 e. The van der Waals surface area contributed by atoms with Gasteiger partial charge in [-0.1, -0.05) is 46.2 Å². The number of carbonyl (C=O) groups excluding carboxylic acids is 1. The van der Waals surface area contributed by atoms with Gasteiger partial charge in [0.1, 0.15) is 6.61 Å². The van der Waals surface area contributed by atoms with E-state index in [2.05, 4.69) is 62.9 Å². The summed E-state index contributed by atoms with van der Waals surface area (Å²) in [7, 11) is 1.58.